The van der Waals surface area contributed by atoms with Crippen molar-refractivity contribution in [2.24, 2.45) is 0 Å². The van der Waals surface area contributed by atoms with Crippen molar-refractivity contribution in [3.05, 3.63) is 47.3 Å². The van der Waals surface area contributed by atoms with E-state index in [1.54, 1.807) is 38.4 Å². The molecule has 0 aliphatic heterocycles. The van der Waals surface area contributed by atoms with Crippen LogP contribution >= 0.6 is 11.8 Å². The SMILES string of the molecule is Cc1cc(C)nc(SCC(=O)OCC(=O)Nc2ccc(C(=O)N(C)C)cc2)n1. The number of carbonyl (C=O) groups excluding carboxylic acids is 3. The number of amides is 2. The molecule has 0 aliphatic rings. The molecule has 0 spiro atoms. The number of hydrogen-bond acceptors (Lipinski definition) is 7. The predicted octanol–water partition coefficient (Wildman–Crippen LogP) is 2.07. The van der Waals surface area contributed by atoms with Gasteiger partial charge in [0.1, 0.15) is 0 Å². The smallest absolute Gasteiger partial charge is 0.316 e. The van der Waals surface area contributed by atoms with E-state index in [0.29, 0.717) is 16.4 Å². The lowest BCUT2D eigenvalue weighted by atomic mass is 10.2. The van der Waals surface area contributed by atoms with Crippen molar-refractivity contribution in [2.45, 2.75) is 19.0 Å². The fourth-order valence-corrected chi connectivity index (χ4v) is 2.97. The van der Waals surface area contributed by atoms with E-state index < -0.39 is 18.5 Å². The van der Waals surface area contributed by atoms with Gasteiger partial charge in [-0.2, -0.15) is 0 Å². The monoisotopic (exact) mass is 402 g/mol. The Bertz CT molecular complexity index is 848. The number of aromatic nitrogens is 2. The average molecular weight is 402 g/mol. The number of aryl methyl sites for hydroxylation is 2. The summed E-state index contributed by atoms with van der Waals surface area (Å²) in [5.41, 5.74) is 2.66. The highest BCUT2D eigenvalue weighted by Crippen LogP contribution is 2.14. The number of esters is 1. The first-order chi connectivity index (χ1) is 13.2. The van der Waals surface area contributed by atoms with Crippen LogP contribution in [0.15, 0.2) is 35.5 Å². The zero-order chi connectivity index (χ0) is 20.7. The molecule has 1 aromatic carbocycles. The first-order valence-electron chi connectivity index (χ1n) is 8.47. The van der Waals surface area contributed by atoms with Gasteiger partial charge in [0.25, 0.3) is 11.8 Å². The third-order valence-electron chi connectivity index (χ3n) is 3.47. The Labute approximate surface area is 167 Å². The summed E-state index contributed by atoms with van der Waals surface area (Å²) in [5, 5.41) is 3.10. The molecule has 9 heteroatoms. The van der Waals surface area contributed by atoms with Crippen molar-refractivity contribution in [1.29, 1.82) is 0 Å². The van der Waals surface area contributed by atoms with E-state index in [0.717, 1.165) is 23.1 Å². The van der Waals surface area contributed by atoms with Crippen LogP contribution in [0.1, 0.15) is 21.7 Å². The standard InChI is InChI=1S/C19H22N4O4S/c1-12-9-13(2)21-19(20-12)28-11-17(25)27-10-16(24)22-15-7-5-14(6-8-15)18(26)23(3)4/h5-9H,10-11H2,1-4H3,(H,22,24). The molecule has 148 valence electrons. The van der Waals surface area contributed by atoms with Crippen LogP contribution in [-0.2, 0) is 14.3 Å². The summed E-state index contributed by atoms with van der Waals surface area (Å²) in [7, 11) is 3.33. The Morgan fingerprint density at radius 2 is 1.68 bits per heavy atom. The van der Waals surface area contributed by atoms with Gasteiger partial charge in [-0.15, -0.1) is 0 Å². The Kier molecular flexibility index (Phi) is 7.51. The topological polar surface area (TPSA) is 101 Å². The lowest BCUT2D eigenvalue weighted by Crippen LogP contribution is -2.22. The number of nitrogens with one attached hydrogen (secondary N) is 1. The maximum atomic E-state index is 11.9. The molecule has 1 heterocycles. The number of anilines is 1. The Hall–Kier alpha value is -2.94. The van der Waals surface area contributed by atoms with Crippen molar-refractivity contribution < 1.29 is 19.1 Å². The lowest BCUT2D eigenvalue weighted by Gasteiger charge is -2.11. The molecule has 8 nitrogen and oxygen atoms in total. The highest BCUT2D eigenvalue weighted by Gasteiger charge is 2.11. The van der Waals surface area contributed by atoms with Gasteiger partial charge >= 0.3 is 5.97 Å². The van der Waals surface area contributed by atoms with Gasteiger partial charge in [-0.05, 0) is 44.2 Å². The summed E-state index contributed by atoms with van der Waals surface area (Å²) in [5.74, 6) is -1.11. The molecule has 0 bridgehead atoms. The zero-order valence-corrected chi connectivity index (χ0v) is 17.0. The number of hydrogen-bond donors (Lipinski definition) is 1. The van der Waals surface area contributed by atoms with Gasteiger partial charge < -0.3 is 15.0 Å². The van der Waals surface area contributed by atoms with Gasteiger partial charge in [0.15, 0.2) is 11.8 Å². The molecule has 2 amide bonds. The molecular formula is C19H22N4O4S. The molecule has 0 unspecified atom stereocenters. The van der Waals surface area contributed by atoms with Crippen LogP contribution in [0.4, 0.5) is 5.69 Å². The second-order valence-corrected chi connectivity index (χ2v) is 7.15. The number of carbonyl (C=O) groups is 3. The summed E-state index contributed by atoms with van der Waals surface area (Å²) in [4.78, 5) is 45.5. The van der Waals surface area contributed by atoms with Gasteiger partial charge in [-0.3, -0.25) is 14.4 Å². The molecule has 0 atom stereocenters. The fourth-order valence-electron chi connectivity index (χ4n) is 2.22. The van der Waals surface area contributed by atoms with E-state index in [2.05, 4.69) is 15.3 Å². The maximum Gasteiger partial charge on any atom is 0.316 e. The lowest BCUT2D eigenvalue weighted by molar-refractivity contribution is -0.144. The molecule has 0 saturated carbocycles. The molecule has 1 aromatic heterocycles. The molecule has 0 radical (unpaired) electrons. The van der Waals surface area contributed by atoms with Crippen LogP contribution in [0, 0.1) is 13.8 Å². The highest BCUT2D eigenvalue weighted by molar-refractivity contribution is 7.99. The second kappa shape index (κ2) is 9.84. The summed E-state index contributed by atoms with van der Waals surface area (Å²) in [6.07, 6.45) is 0. The van der Waals surface area contributed by atoms with Crippen molar-refractivity contribution >= 4 is 35.2 Å². The molecule has 0 fully saturated rings. The molecule has 2 aromatic rings. The first kappa shape index (κ1) is 21.4. The summed E-state index contributed by atoms with van der Waals surface area (Å²) < 4.78 is 4.96. The van der Waals surface area contributed by atoms with Crippen LogP contribution in [0.3, 0.4) is 0 Å². The van der Waals surface area contributed by atoms with Crippen molar-refractivity contribution in [1.82, 2.24) is 14.9 Å². The normalized spacial score (nSPS) is 10.3. The van der Waals surface area contributed by atoms with Crippen LogP contribution in [0.25, 0.3) is 0 Å². The first-order valence-corrected chi connectivity index (χ1v) is 9.45. The molecule has 28 heavy (non-hydrogen) atoms. The Morgan fingerprint density at radius 3 is 2.25 bits per heavy atom. The molecule has 1 N–H and O–H groups in total. The molecule has 2 rings (SSSR count). The van der Waals surface area contributed by atoms with E-state index >= 15 is 0 Å². The Balaban J connectivity index is 1.77. The van der Waals surface area contributed by atoms with E-state index in [4.69, 9.17) is 4.74 Å². The van der Waals surface area contributed by atoms with Crippen LogP contribution in [0.2, 0.25) is 0 Å². The minimum absolute atomic E-state index is 0.0114. The van der Waals surface area contributed by atoms with Gasteiger partial charge in [0.05, 0.1) is 5.75 Å². The zero-order valence-electron chi connectivity index (χ0n) is 16.2. The molecule has 0 aliphatic carbocycles. The van der Waals surface area contributed by atoms with Gasteiger partial charge in [0, 0.05) is 36.7 Å². The van der Waals surface area contributed by atoms with E-state index in [-0.39, 0.29) is 11.7 Å². The summed E-state index contributed by atoms with van der Waals surface area (Å²) in [6.45, 7) is 3.31. The van der Waals surface area contributed by atoms with Crippen molar-refractivity contribution in [3.8, 4) is 0 Å². The van der Waals surface area contributed by atoms with E-state index in [1.807, 2.05) is 19.9 Å². The van der Waals surface area contributed by atoms with Gasteiger partial charge in [-0.25, -0.2) is 9.97 Å². The van der Waals surface area contributed by atoms with Crippen molar-refractivity contribution in [2.75, 3.05) is 31.8 Å². The predicted molar refractivity (Wildman–Crippen MR) is 106 cm³/mol. The molecular weight excluding hydrogens is 380 g/mol. The number of nitrogens with zero attached hydrogens (tertiary/aromatic N) is 3. The minimum Gasteiger partial charge on any atom is -0.455 e. The van der Waals surface area contributed by atoms with Crippen LogP contribution in [-0.4, -0.2) is 59.1 Å². The van der Waals surface area contributed by atoms with E-state index in [1.165, 1.54) is 4.90 Å². The Morgan fingerprint density at radius 1 is 1.07 bits per heavy atom. The summed E-state index contributed by atoms with van der Waals surface area (Å²) >= 11 is 1.15. The fraction of sp³-hybridized carbons (Fsp3) is 0.316. The number of benzene rings is 1. The van der Waals surface area contributed by atoms with E-state index in [9.17, 15) is 14.4 Å². The van der Waals surface area contributed by atoms with Gasteiger partial charge in [-0.1, -0.05) is 11.8 Å². The number of ether oxygens (including phenoxy) is 1. The summed E-state index contributed by atoms with van der Waals surface area (Å²) in [6, 6.07) is 8.30. The number of rotatable bonds is 7. The van der Waals surface area contributed by atoms with Crippen LogP contribution < -0.4 is 5.32 Å². The van der Waals surface area contributed by atoms with Crippen LogP contribution in [0.5, 0.6) is 0 Å². The third-order valence-corrected chi connectivity index (χ3v) is 4.29. The number of thioether (sulfide) groups is 1. The minimum atomic E-state index is -0.533. The highest BCUT2D eigenvalue weighted by atomic mass is 32.2. The van der Waals surface area contributed by atoms with Crippen molar-refractivity contribution in [3.63, 3.8) is 0 Å². The maximum absolute atomic E-state index is 11.9. The average Bonchev–Trinajstić information content (AvgIpc) is 2.64. The van der Waals surface area contributed by atoms with Gasteiger partial charge in [0.2, 0.25) is 0 Å². The largest absolute Gasteiger partial charge is 0.455 e. The third kappa shape index (κ3) is 6.66. The quantitative estimate of drug-likeness (QED) is 0.430. The second-order valence-electron chi connectivity index (χ2n) is 6.21. The molecule has 0 saturated heterocycles.